The van der Waals surface area contributed by atoms with Crippen molar-refractivity contribution in [2.24, 2.45) is 5.41 Å². The zero-order valence-electron chi connectivity index (χ0n) is 18.8. The first-order chi connectivity index (χ1) is 14.0. The lowest BCUT2D eigenvalue weighted by molar-refractivity contribution is -0.144. The van der Waals surface area contributed by atoms with E-state index in [0.717, 1.165) is 5.69 Å². The van der Waals surface area contributed by atoms with Gasteiger partial charge in [0, 0.05) is 30.2 Å². The van der Waals surface area contributed by atoms with E-state index in [9.17, 15) is 14.4 Å². The number of nitrogens with one attached hydrogen (secondary N) is 1. The van der Waals surface area contributed by atoms with Crippen LogP contribution in [0.15, 0.2) is 30.3 Å². The molecular weight excluding hydrogens is 380 g/mol. The number of hydrogen-bond acceptors (Lipinski definition) is 4. The molecule has 0 atom stereocenters. The number of para-hydroxylation sites is 1. The van der Waals surface area contributed by atoms with Crippen molar-refractivity contribution in [2.45, 2.75) is 59.0 Å². The number of benzene rings is 1. The van der Waals surface area contributed by atoms with E-state index in [0.29, 0.717) is 32.6 Å². The van der Waals surface area contributed by atoms with E-state index in [1.165, 1.54) is 0 Å². The van der Waals surface area contributed by atoms with Crippen LogP contribution in [0.3, 0.4) is 0 Å². The third-order valence-corrected chi connectivity index (χ3v) is 5.89. The van der Waals surface area contributed by atoms with Crippen LogP contribution in [0.4, 0.5) is 5.69 Å². The van der Waals surface area contributed by atoms with Crippen LogP contribution >= 0.6 is 0 Å². The van der Waals surface area contributed by atoms with Gasteiger partial charge in [0.1, 0.15) is 12.1 Å². The molecule has 0 aliphatic carbocycles. The molecule has 1 spiro atoms. The Balaban J connectivity index is 1.84. The first-order valence-corrected chi connectivity index (χ1v) is 10.8. The summed E-state index contributed by atoms with van der Waals surface area (Å²) in [6, 6.07) is 9.89. The monoisotopic (exact) mass is 414 g/mol. The zero-order valence-corrected chi connectivity index (χ0v) is 18.8. The summed E-state index contributed by atoms with van der Waals surface area (Å²) in [5.41, 5.74) is -0.188. The van der Waals surface area contributed by atoms with Crippen LogP contribution in [0.25, 0.3) is 0 Å². The van der Waals surface area contributed by atoms with Crippen molar-refractivity contribution in [1.82, 2.24) is 15.1 Å². The maximum absolute atomic E-state index is 13.6. The number of amides is 3. The Morgan fingerprint density at radius 3 is 2.23 bits per heavy atom. The molecule has 3 amide bonds. The Hall–Kier alpha value is -2.57. The standard InChI is InChI=1S/C23H34N4O3/c1-17(2)24-19(28)15-26-16-27(18-9-7-6-8-10-18)23(21(26)30)11-13-25(14-12-23)20(29)22(3,4)5/h6-10,17H,11-16H2,1-5H3,(H,24,28). The average molecular weight is 415 g/mol. The first kappa shape index (κ1) is 22.1. The first-order valence-electron chi connectivity index (χ1n) is 10.8. The minimum atomic E-state index is -0.714. The van der Waals surface area contributed by atoms with Gasteiger partial charge in [0.2, 0.25) is 11.8 Å². The summed E-state index contributed by atoms with van der Waals surface area (Å²) in [6.07, 6.45) is 1.12. The molecule has 1 N–H and O–H groups in total. The van der Waals surface area contributed by atoms with Crippen LogP contribution in [0, 0.1) is 5.41 Å². The highest BCUT2D eigenvalue weighted by molar-refractivity contribution is 5.96. The molecule has 7 nitrogen and oxygen atoms in total. The van der Waals surface area contributed by atoms with Gasteiger partial charge in [-0.15, -0.1) is 0 Å². The van der Waals surface area contributed by atoms with Crippen molar-refractivity contribution in [3.8, 4) is 0 Å². The van der Waals surface area contributed by atoms with Gasteiger partial charge in [0.05, 0.1) is 6.67 Å². The van der Waals surface area contributed by atoms with E-state index in [4.69, 9.17) is 0 Å². The predicted molar refractivity (Wildman–Crippen MR) is 117 cm³/mol. The van der Waals surface area contributed by atoms with Crippen molar-refractivity contribution in [3.63, 3.8) is 0 Å². The van der Waals surface area contributed by atoms with Crippen molar-refractivity contribution in [3.05, 3.63) is 30.3 Å². The Bertz CT molecular complexity index is 792. The SMILES string of the molecule is CC(C)NC(=O)CN1CN(c2ccccc2)C2(CCN(C(=O)C(C)(C)C)CC2)C1=O. The zero-order chi connectivity index (χ0) is 22.1. The lowest BCUT2D eigenvalue weighted by Crippen LogP contribution is -2.58. The molecule has 2 heterocycles. The molecule has 0 bridgehead atoms. The molecule has 2 saturated heterocycles. The molecule has 164 valence electrons. The summed E-state index contributed by atoms with van der Waals surface area (Å²) in [5.74, 6) is -0.0564. The van der Waals surface area contributed by atoms with Gasteiger partial charge in [-0.25, -0.2) is 0 Å². The van der Waals surface area contributed by atoms with E-state index in [2.05, 4.69) is 10.2 Å². The average Bonchev–Trinajstić information content (AvgIpc) is 2.93. The molecule has 1 aromatic carbocycles. The number of likely N-dealkylation sites (tertiary alicyclic amines) is 1. The fourth-order valence-corrected chi connectivity index (χ4v) is 4.42. The van der Waals surface area contributed by atoms with E-state index in [1.807, 2.05) is 69.9 Å². The third kappa shape index (κ3) is 4.30. The van der Waals surface area contributed by atoms with Crippen molar-refractivity contribution in [2.75, 3.05) is 31.2 Å². The quantitative estimate of drug-likeness (QED) is 0.820. The second-order valence-corrected chi connectivity index (χ2v) is 9.70. The Morgan fingerprint density at radius 1 is 1.10 bits per heavy atom. The molecule has 2 aliphatic heterocycles. The minimum absolute atomic E-state index is 0.0203. The summed E-state index contributed by atoms with van der Waals surface area (Å²) >= 11 is 0. The number of anilines is 1. The number of piperidine rings is 1. The number of carbonyl (C=O) groups is 3. The maximum Gasteiger partial charge on any atom is 0.250 e. The van der Waals surface area contributed by atoms with Gasteiger partial charge in [-0.2, -0.15) is 0 Å². The van der Waals surface area contributed by atoms with E-state index in [-0.39, 0.29) is 30.3 Å². The molecule has 1 aromatic rings. The summed E-state index contributed by atoms with van der Waals surface area (Å²) in [7, 11) is 0. The van der Waals surface area contributed by atoms with Gasteiger partial charge >= 0.3 is 0 Å². The van der Waals surface area contributed by atoms with E-state index in [1.54, 1.807) is 4.90 Å². The molecule has 2 fully saturated rings. The number of nitrogens with zero attached hydrogens (tertiary/aromatic N) is 3. The molecule has 3 rings (SSSR count). The van der Waals surface area contributed by atoms with Crippen LogP contribution in [0.5, 0.6) is 0 Å². The van der Waals surface area contributed by atoms with Gasteiger partial charge in [-0.1, -0.05) is 39.0 Å². The molecule has 0 radical (unpaired) electrons. The molecular formula is C23H34N4O3. The summed E-state index contributed by atoms with van der Waals surface area (Å²) in [5, 5.41) is 2.87. The highest BCUT2D eigenvalue weighted by Crippen LogP contribution is 2.40. The van der Waals surface area contributed by atoms with Crippen LogP contribution in [-0.4, -0.2) is 65.4 Å². The summed E-state index contributed by atoms with van der Waals surface area (Å²) < 4.78 is 0. The highest BCUT2D eigenvalue weighted by Gasteiger charge is 2.54. The summed E-state index contributed by atoms with van der Waals surface area (Å²) in [4.78, 5) is 44.3. The summed E-state index contributed by atoms with van der Waals surface area (Å²) in [6.45, 7) is 11.1. The Morgan fingerprint density at radius 2 is 1.70 bits per heavy atom. The van der Waals surface area contributed by atoms with Gasteiger partial charge in [0.25, 0.3) is 5.91 Å². The minimum Gasteiger partial charge on any atom is -0.352 e. The number of hydrogen-bond donors (Lipinski definition) is 1. The Labute approximate surface area is 179 Å². The number of carbonyl (C=O) groups excluding carboxylic acids is 3. The highest BCUT2D eigenvalue weighted by atomic mass is 16.2. The third-order valence-electron chi connectivity index (χ3n) is 5.89. The molecule has 7 heteroatoms. The van der Waals surface area contributed by atoms with Crippen LogP contribution in [0.1, 0.15) is 47.5 Å². The van der Waals surface area contributed by atoms with E-state index < -0.39 is 11.0 Å². The second-order valence-electron chi connectivity index (χ2n) is 9.70. The second kappa shape index (κ2) is 8.28. The van der Waals surface area contributed by atoms with Gasteiger partial charge in [-0.3, -0.25) is 14.4 Å². The Kier molecular flexibility index (Phi) is 6.11. The van der Waals surface area contributed by atoms with Crippen LogP contribution in [0.2, 0.25) is 0 Å². The molecule has 0 saturated carbocycles. The fourth-order valence-electron chi connectivity index (χ4n) is 4.42. The van der Waals surface area contributed by atoms with Gasteiger partial charge in [0.15, 0.2) is 0 Å². The normalized spacial score (nSPS) is 19.0. The molecule has 30 heavy (non-hydrogen) atoms. The van der Waals surface area contributed by atoms with Crippen LogP contribution < -0.4 is 10.2 Å². The smallest absolute Gasteiger partial charge is 0.250 e. The maximum atomic E-state index is 13.6. The van der Waals surface area contributed by atoms with Crippen LogP contribution in [-0.2, 0) is 14.4 Å². The van der Waals surface area contributed by atoms with Gasteiger partial charge in [-0.05, 0) is 38.8 Å². The predicted octanol–water partition coefficient (Wildman–Crippen LogP) is 2.22. The van der Waals surface area contributed by atoms with Crippen molar-refractivity contribution < 1.29 is 14.4 Å². The molecule has 0 unspecified atom stereocenters. The van der Waals surface area contributed by atoms with Gasteiger partial charge < -0.3 is 20.0 Å². The fraction of sp³-hybridized carbons (Fsp3) is 0.609. The lowest BCUT2D eigenvalue weighted by atomic mass is 9.84. The lowest BCUT2D eigenvalue weighted by Gasteiger charge is -2.44. The largest absolute Gasteiger partial charge is 0.352 e. The molecule has 2 aliphatic rings. The molecule has 0 aromatic heterocycles. The van der Waals surface area contributed by atoms with Crippen molar-refractivity contribution in [1.29, 1.82) is 0 Å². The number of rotatable bonds is 4. The topological polar surface area (TPSA) is 73.0 Å². The van der Waals surface area contributed by atoms with E-state index >= 15 is 0 Å². The van der Waals surface area contributed by atoms with Crippen molar-refractivity contribution >= 4 is 23.4 Å².